The third-order valence-electron chi connectivity index (χ3n) is 5.31. The van der Waals surface area contributed by atoms with Gasteiger partial charge in [0.05, 0.1) is 24.0 Å². The van der Waals surface area contributed by atoms with Crippen molar-refractivity contribution in [2.24, 2.45) is 0 Å². The number of fused-ring (bicyclic) bond motifs is 2. The van der Waals surface area contributed by atoms with Gasteiger partial charge in [0.2, 0.25) is 6.79 Å². The van der Waals surface area contributed by atoms with Crippen LogP contribution in [0, 0.1) is 0 Å². The third kappa shape index (κ3) is 3.40. The van der Waals surface area contributed by atoms with E-state index in [1.54, 1.807) is 66.7 Å². The largest absolute Gasteiger partial charge is 0.454 e. The summed E-state index contributed by atoms with van der Waals surface area (Å²) in [6.45, 7) is 0.0343. The molecule has 1 aliphatic heterocycles. The molecule has 7 nitrogen and oxygen atoms in total. The fourth-order valence-electron chi connectivity index (χ4n) is 3.74. The molecule has 0 radical (unpaired) electrons. The number of benzene rings is 3. The zero-order chi connectivity index (χ0) is 21.4. The Hall–Kier alpha value is -4.13. The number of hydrogen-bond acceptors (Lipinski definition) is 5. The number of Topliss-reactive ketones (excluding diaryl/α,β-unsaturated/α-hetero) is 1. The van der Waals surface area contributed by atoms with Crippen LogP contribution < -0.4 is 20.7 Å². The highest BCUT2D eigenvalue weighted by molar-refractivity contribution is 5.96. The van der Waals surface area contributed by atoms with Crippen molar-refractivity contribution in [1.29, 1.82) is 0 Å². The number of nitrogens with zero attached hydrogens (tertiary/aromatic N) is 2. The Bertz CT molecular complexity index is 1420. The minimum atomic E-state index is -0.536. The summed E-state index contributed by atoms with van der Waals surface area (Å²) in [6.07, 6.45) is 0. The van der Waals surface area contributed by atoms with Gasteiger partial charge in [-0.2, -0.15) is 0 Å². The van der Waals surface area contributed by atoms with Crippen LogP contribution in [0.3, 0.4) is 0 Å². The molecule has 0 spiro atoms. The van der Waals surface area contributed by atoms with Gasteiger partial charge < -0.3 is 9.47 Å². The quantitative estimate of drug-likeness (QED) is 0.469. The minimum absolute atomic E-state index is 0.0542. The van der Waals surface area contributed by atoms with Crippen molar-refractivity contribution in [1.82, 2.24) is 9.13 Å². The zero-order valence-corrected chi connectivity index (χ0v) is 16.5. The monoisotopic (exact) mass is 414 g/mol. The molecule has 0 atom stereocenters. The van der Waals surface area contributed by atoms with Crippen molar-refractivity contribution in [2.75, 3.05) is 6.79 Å². The molecular formula is C24H18N2O5. The Morgan fingerprint density at radius 3 is 2.42 bits per heavy atom. The highest BCUT2D eigenvalue weighted by atomic mass is 16.7. The molecule has 0 bridgehead atoms. The van der Waals surface area contributed by atoms with Crippen molar-refractivity contribution >= 4 is 16.7 Å². The molecule has 0 saturated carbocycles. The van der Waals surface area contributed by atoms with Crippen molar-refractivity contribution in [2.45, 2.75) is 13.1 Å². The molecule has 5 rings (SSSR count). The second-order valence-corrected chi connectivity index (χ2v) is 7.25. The predicted molar refractivity (Wildman–Crippen MR) is 115 cm³/mol. The lowest BCUT2D eigenvalue weighted by atomic mass is 10.1. The Kier molecular flexibility index (Phi) is 4.63. The Balaban J connectivity index is 1.61. The number of rotatable bonds is 5. The normalized spacial score (nSPS) is 12.3. The van der Waals surface area contributed by atoms with Crippen LogP contribution in [0.25, 0.3) is 10.9 Å². The zero-order valence-electron chi connectivity index (χ0n) is 16.5. The molecule has 7 heteroatoms. The molecule has 0 unspecified atom stereocenters. The summed E-state index contributed by atoms with van der Waals surface area (Å²) in [6, 6.07) is 20.9. The highest BCUT2D eigenvalue weighted by Crippen LogP contribution is 2.32. The molecule has 154 valence electrons. The third-order valence-corrected chi connectivity index (χ3v) is 5.31. The van der Waals surface area contributed by atoms with Gasteiger partial charge >= 0.3 is 5.69 Å². The first-order valence-electron chi connectivity index (χ1n) is 9.81. The standard InChI is InChI=1S/C24H18N2O5/c27-20(17-6-2-1-3-7-17)14-25-19-9-5-4-8-18(19)23(28)26(24(25)29)13-16-10-11-21-22(12-16)31-15-30-21/h1-12H,13-15H2. The van der Waals surface area contributed by atoms with Crippen LogP contribution in [0.4, 0.5) is 0 Å². The summed E-state index contributed by atoms with van der Waals surface area (Å²) in [5, 5.41) is 0.378. The van der Waals surface area contributed by atoms with Crippen LogP contribution in [0.2, 0.25) is 0 Å². The fourth-order valence-corrected chi connectivity index (χ4v) is 3.74. The topological polar surface area (TPSA) is 79.5 Å². The van der Waals surface area contributed by atoms with Gasteiger partial charge in [-0.1, -0.05) is 48.5 Å². The van der Waals surface area contributed by atoms with E-state index in [1.807, 2.05) is 6.07 Å². The van der Waals surface area contributed by atoms with Gasteiger partial charge in [0, 0.05) is 5.56 Å². The lowest BCUT2D eigenvalue weighted by molar-refractivity contribution is 0.0971. The fraction of sp³-hybridized carbons (Fsp3) is 0.125. The second kappa shape index (κ2) is 7.60. The molecule has 4 aromatic rings. The smallest absolute Gasteiger partial charge is 0.332 e. The summed E-state index contributed by atoms with van der Waals surface area (Å²) in [4.78, 5) is 39.2. The van der Waals surface area contributed by atoms with E-state index in [2.05, 4.69) is 0 Å². The van der Waals surface area contributed by atoms with E-state index in [1.165, 1.54) is 4.57 Å². The van der Waals surface area contributed by atoms with Gasteiger partial charge in [-0.05, 0) is 29.8 Å². The average Bonchev–Trinajstić information content (AvgIpc) is 3.28. The van der Waals surface area contributed by atoms with Crippen molar-refractivity contribution < 1.29 is 14.3 Å². The summed E-state index contributed by atoms with van der Waals surface area (Å²) < 4.78 is 13.2. The van der Waals surface area contributed by atoms with E-state index in [0.29, 0.717) is 28.0 Å². The van der Waals surface area contributed by atoms with Gasteiger partial charge in [-0.25, -0.2) is 4.79 Å². The molecule has 31 heavy (non-hydrogen) atoms. The van der Waals surface area contributed by atoms with Gasteiger partial charge in [-0.15, -0.1) is 0 Å². The molecule has 0 N–H and O–H groups in total. The van der Waals surface area contributed by atoms with E-state index in [9.17, 15) is 14.4 Å². The first-order valence-corrected chi connectivity index (χ1v) is 9.81. The number of ether oxygens (including phenoxy) is 2. The van der Waals surface area contributed by atoms with E-state index in [0.717, 1.165) is 10.1 Å². The number of hydrogen-bond donors (Lipinski definition) is 0. The first kappa shape index (κ1) is 18.9. The van der Waals surface area contributed by atoms with E-state index < -0.39 is 11.2 Å². The lowest BCUT2D eigenvalue weighted by Gasteiger charge is -2.14. The van der Waals surface area contributed by atoms with Crippen LogP contribution in [-0.2, 0) is 13.1 Å². The summed E-state index contributed by atoms with van der Waals surface area (Å²) >= 11 is 0. The van der Waals surface area contributed by atoms with E-state index >= 15 is 0 Å². The second-order valence-electron chi connectivity index (χ2n) is 7.25. The van der Waals surface area contributed by atoms with Crippen molar-refractivity contribution in [3.05, 3.63) is 105 Å². The highest BCUT2D eigenvalue weighted by Gasteiger charge is 2.18. The summed E-state index contributed by atoms with van der Waals surface area (Å²) in [5.41, 5.74) is 0.725. The SMILES string of the molecule is O=C(Cn1c(=O)n(Cc2ccc3c(c2)OCO3)c(=O)c2ccccc21)c1ccccc1. The maximum Gasteiger partial charge on any atom is 0.332 e. The minimum Gasteiger partial charge on any atom is -0.454 e. The number of carbonyl (C=O) groups excluding carboxylic acids is 1. The van der Waals surface area contributed by atoms with E-state index in [4.69, 9.17) is 9.47 Å². The Morgan fingerprint density at radius 2 is 1.58 bits per heavy atom. The van der Waals surface area contributed by atoms with Crippen LogP contribution >= 0.6 is 0 Å². The molecule has 2 heterocycles. The number of para-hydroxylation sites is 1. The first-order chi connectivity index (χ1) is 15.1. The van der Waals surface area contributed by atoms with E-state index in [-0.39, 0.29) is 25.7 Å². The molecule has 1 aromatic heterocycles. The van der Waals surface area contributed by atoms with Crippen LogP contribution in [0.1, 0.15) is 15.9 Å². The van der Waals surface area contributed by atoms with Gasteiger partial charge in [0.1, 0.15) is 0 Å². The summed E-state index contributed by atoms with van der Waals surface area (Å²) in [5.74, 6) is 0.993. The molecule has 0 aliphatic carbocycles. The Morgan fingerprint density at radius 1 is 0.839 bits per heavy atom. The molecular weight excluding hydrogens is 396 g/mol. The van der Waals surface area contributed by atoms with Gasteiger partial charge in [-0.3, -0.25) is 18.7 Å². The molecule has 3 aromatic carbocycles. The number of ketones is 1. The molecule has 0 fully saturated rings. The summed E-state index contributed by atoms with van der Waals surface area (Å²) in [7, 11) is 0. The average molecular weight is 414 g/mol. The number of aromatic nitrogens is 2. The predicted octanol–water partition coefficient (Wildman–Crippen LogP) is 2.82. The maximum atomic E-state index is 13.3. The lowest BCUT2D eigenvalue weighted by Crippen LogP contribution is -2.41. The molecule has 0 amide bonds. The van der Waals surface area contributed by atoms with Crippen molar-refractivity contribution in [3.63, 3.8) is 0 Å². The van der Waals surface area contributed by atoms with Crippen LogP contribution in [-0.4, -0.2) is 21.7 Å². The van der Waals surface area contributed by atoms with Crippen LogP contribution in [0.5, 0.6) is 11.5 Å². The molecule has 1 aliphatic rings. The van der Waals surface area contributed by atoms with Crippen molar-refractivity contribution in [3.8, 4) is 11.5 Å². The maximum absolute atomic E-state index is 13.3. The van der Waals surface area contributed by atoms with Gasteiger partial charge in [0.25, 0.3) is 5.56 Å². The molecule has 0 saturated heterocycles. The van der Waals surface area contributed by atoms with Gasteiger partial charge in [0.15, 0.2) is 17.3 Å². The Labute approximate surface area is 176 Å². The van der Waals surface area contributed by atoms with Crippen LogP contribution in [0.15, 0.2) is 82.4 Å². The number of carbonyl (C=O) groups is 1.